The van der Waals surface area contributed by atoms with Crippen molar-refractivity contribution in [2.24, 2.45) is 0 Å². The van der Waals surface area contributed by atoms with Gasteiger partial charge in [0, 0.05) is 30.8 Å². The summed E-state index contributed by atoms with van der Waals surface area (Å²) in [6.45, 7) is 0.643. The molecule has 0 radical (unpaired) electrons. The van der Waals surface area contributed by atoms with E-state index in [4.69, 9.17) is 4.74 Å². The first-order valence-corrected chi connectivity index (χ1v) is 7.95. The summed E-state index contributed by atoms with van der Waals surface area (Å²) in [4.78, 5) is 4.33. The fourth-order valence-corrected chi connectivity index (χ4v) is 2.35. The van der Waals surface area contributed by atoms with Crippen molar-refractivity contribution in [2.75, 3.05) is 13.3 Å². The Labute approximate surface area is 118 Å². The van der Waals surface area contributed by atoms with Crippen LogP contribution in [0.4, 0.5) is 0 Å². The highest BCUT2D eigenvalue weighted by molar-refractivity contribution is 7.90. The van der Waals surface area contributed by atoms with Crippen molar-refractivity contribution >= 4 is 9.84 Å². The van der Waals surface area contributed by atoms with Crippen LogP contribution in [0.5, 0.6) is 11.5 Å². The molecule has 2 aromatic rings. The second-order valence-corrected chi connectivity index (χ2v) is 6.38. The third-order valence-corrected chi connectivity index (χ3v) is 3.83. The molecule has 0 spiro atoms. The summed E-state index contributed by atoms with van der Waals surface area (Å²) in [6, 6.07) is 8.12. The van der Waals surface area contributed by atoms with E-state index < -0.39 is 9.84 Å². The van der Waals surface area contributed by atoms with Crippen molar-refractivity contribution in [1.29, 1.82) is 0 Å². The summed E-state index contributed by atoms with van der Waals surface area (Å²) < 4.78 is 28.5. The summed E-state index contributed by atoms with van der Waals surface area (Å²) in [5.41, 5.74) is 0.933. The van der Waals surface area contributed by atoms with Gasteiger partial charge in [-0.3, -0.25) is 4.98 Å². The quantitative estimate of drug-likeness (QED) is 0.913. The molecule has 0 amide bonds. The van der Waals surface area contributed by atoms with Gasteiger partial charge in [-0.1, -0.05) is 0 Å². The summed E-state index contributed by atoms with van der Waals surface area (Å²) >= 11 is 0. The zero-order chi connectivity index (χ0) is 14.6. The maximum absolute atomic E-state index is 11.4. The highest BCUT2D eigenvalue weighted by Crippen LogP contribution is 2.25. The third-order valence-electron chi connectivity index (χ3n) is 2.71. The van der Waals surface area contributed by atoms with Gasteiger partial charge in [0.05, 0.1) is 4.90 Å². The van der Waals surface area contributed by atoms with Crippen molar-refractivity contribution in [3.63, 3.8) is 0 Å². The molecule has 1 aromatic heterocycles. The average Bonchev–Trinajstić information content (AvgIpc) is 2.41. The number of aromatic nitrogens is 1. The van der Waals surface area contributed by atoms with Crippen LogP contribution in [0.15, 0.2) is 47.6 Å². The number of benzene rings is 1. The predicted octanol–water partition coefficient (Wildman–Crippen LogP) is 2.00. The Morgan fingerprint density at radius 1 is 1.20 bits per heavy atom. The second-order valence-electron chi connectivity index (χ2n) is 4.36. The van der Waals surface area contributed by atoms with Gasteiger partial charge in [0.25, 0.3) is 0 Å². The SMILES string of the molecule is CNCc1cnccc1Oc1ccc(S(C)(=O)=O)cc1. The van der Waals surface area contributed by atoms with Crippen molar-refractivity contribution in [1.82, 2.24) is 10.3 Å². The van der Waals surface area contributed by atoms with E-state index in [9.17, 15) is 8.42 Å². The molecule has 0 unspecified atom stereocenters. The smallest absolute Gasteiger partial charge is 0.175 e. The number of nitrogens with one attached hydrogen (secondary N) is 1. The maximum atomic E-state index is 11.4. The van der Waals surface area contributed by atoms with Crippen LogP contribution >= 0.6 is 0 Å². The van der Waals surface area contributed by atoms with Crippen LogP contribution < -0.4 is 10.1 Å². The number of pyridine rings is 1. The highest BCUT2D eigenvalue weighted by Gasteiger charge is 2.08. The number of sulfone groups is 1. The Morgan fingerprint density at radius 2 is 1.90 bits per heavy atom. The van der Waals surface area contributed by atoms with Crippen LogP contribution in [0.1, 0.15) is 5.56 Å². The molecule has 0 saturated carbocycles. The van der Waals surface area contributed by atoms with Gasteiger partial charge in [-0.25, -0.2) is 8.42 Å². The van der Waals surface area contributed by atoms with Crippen LogP contribution in [-0.2, 0) is 16.4 Å². The van der Waals surface area contributed by atoms with Gasteiger partial charge < -0.3 is 10.1 Å². The van der Waals surface area contributed by atoms with E-state index in [1.54, 1.807) is 30.6 Å². The van der Waals surface area contributed by atoms with E-state index >= 15 is 0 Å². The van der Waals surface area contributed by atoms with Gasteiger partial charge in [-0.2, -0.15) is 0 Å². The van der Waals surface area contributed by atoms with E-state index in [0.717, 1.165) is 5.56 Å². The monoisotopic (exact) mass is 292 g/mol. The molecule has 20 heavy (non-hydrogen) atoms. The van der Waals surface area contributed by atoms with Crippen LogP contribution in [0.25, 0.3) is 0 Å². The Bertz CT molecular complexity index is 682. The predicted molar refractivity (Wildman–Crippen MR) is 76.6 cm³/mol. The van der Waals surface area contributed by atoms with Gasteiger partial charge in [0.1, 0.15) is 11.5 Å². The molecule has 2 rings (SSSR count). The molecule has 0 atom stereocenters. The molecule has 1 heterocycles. The van der Waals surface area contributed by atoms with E-state index in [1.807, 2.05) is 7.05 Å². The van der Waals surface area contributed by atoms with Crippen molar-refractivity contribution in [3.05, 3.63) is 48.3 Å². The molecule has 0 aliphatic heterocycles. The Balaban J connectivity index is 2.22. The van der Waals surface area contributed by atoms with Gasteiger partial charge >= 0.3 is 0 Å². The molecule has 0 aliphatic rings. The number of ether oxygens (including phenoxy) is 1. The lowest BCUT2D eigenvalue weighted by atomic mass is 10.2. The third kappa shape index (κ3) is 3.55. The van der Waals surface area contributed by atoms with Crippen molar-refractivity contribution in [2.45, 2.75) is 11.4 Å². The molecule has 5 nitrogen and oxygen atoms in total. The number of hydrogen-bond acceptors (Lipinski definition) is 5. The summed E-state index contributed by atoms with van der Waals surface area (Å²) in [5.74, 6) is 1.28. The molecular formula is C14H16N2O3S. The topological polar surface area (TPSA) is 68.3 Å². The fourth-order valence-electron chi connectivity index (χ4n) is 1.72. The lowest BCUT2D eigenvalue weighted by molar-refractivity contribution is 0.473. The van der Waals surface area contributed by atoms with Crippen molar-refractivity contribution < 1.29 is 13.2 Å². The highest BCUT2D eigenvalue weighted by atomic mass is 32.2. The van der Waals surface area contributed by atoms with E-state index in [1.165, 1.54) is 18.4 Å². The average molecular weight is 292 g/mol. The lowest BCUT2D eigenvalue weighted by Gasteiger charge is -2.10. The van der Waals surface area contributed by atoms with Crippen LogP contribution in [0.2, 0.25) is 0 Å². The van der Waals surface area contributed by atoms with Crippen molar-refractivity contribution in [3.8, 4) is 11.5 Å². The van der Waals surface area contributed by atoms with E-state index in [0.29, 0.717) is 18.0 Å². The van der Waals surface area contributed by atoms with Gasteiger partial charge in [-0.15, -0.1) is 0 Å². The maximum Gasteiger partial charge on any atom is 0.175 e. The minimum absolute atomic E-state index is 0.273. The molecule has 0 aliphatic carbocycles. The zero-order valence-electron chi connectivity index (χ0n) is 11.3. The standard InChI is InChI=1S/C14H16N2O3S/c1-15-9-11-10-16-8-7-14(11)19-12-3-5-13(6-4-12)20(2,17)18/h3-8,10,15H,9H2,1-2H3. The van der Waals surface area contributed by atoms with Gasteiger partial charge in [0.2, 0.25) is 0 Å². The lowest BCUT2D eigenvalue weighted by Crippen LogP contribution is -2.06. The number of hydrogen-bond donors (Lipinski definition) is 1. The molecule has 106 valence electrons. The summed E-state index contributed by atoms with van der Waals surface area (Å²) in [6.07, 6.45) is 4.56. The fraction of sp³-hybridized carbons (Fsp3) is 0.214. The van der Waals surface area contributed by atoms with Gasteiger partial charge in [-0.05, 0) is 37.4 Å². The Hall–Kier alpha value is -1.92. The molecule has 6 heteroatoms. The molecule has 1 aromatic carbocycles. The Morgan fingerprint density at radius 3 is 2.50 bits per heavy atom. The first-order valence-electron chi connectivity index (χ1n) is 6.06. The minimum Gasteiger partial charge on any atom is -0.457 e. The number of nitrogens with zero attached hydrogens (tertiary/aromatic N) is 1. The molecule has 0 fully saturated rings. The Kier molecular flexibility index (Phi) is 4.36. The first kappa shape index (κ1) is 14.5. The zero-order valence-corrected chi connectivity index (χ0v) is 12.1. The minimum atomic E-state index is -3.18. The molecule has 0 saturated heterocycles. The van der Waals surface area contributed by atoms with Crippen LogP contribution in [0.3, 0.4) is 0 Å². The second kappa shape index (κ2) is 6.02. The molecule has 1 N–H and O–H groups in total. The first-order chi connectivity index (χ1) is 9.50. The van der Waals surface area contributed by atoms with Crippen LogP contribution in [-0.4, -0.2) is 26.7 Å². The van der Waals surface area contributed by atoms with E-state index in [2.05, 4.69) is 10.3 Å². The molecular weight excluding hydrogens is 276 g/mol. The van der Waals surface area contributed by atoms with Gasteiger partial charge in [0.15, 0.2) is 9.84 Å². The van der Waals surface area contributed by atoms with E-state index in [-0.39, 0.29) is 4.90 Å². The largest absolute Gasteiger partial charge is 0.457 e. The normalized spacial score (nSPS) is 11.3. The summed E-state index contributed by atoms with van der Waals surface area (Å²) in [5, 5.41) is 3.04. The number of rotatable bonds is 5. The summed E-state index contributed by atoms with van der Waals surface area (Å²) in [7, 11) is -1.34. The molecule has 0 bridgehead atoms. The van der Waals surface area contributed by atoms with Crippen LogP contribution in [0, 0.1) is 0 Å².